The summed E-state index contributed by atoms with van der Waals surface area (Å²) in [5.74, 6) is -0.997. The van der Waals surface area contributed by atoms with Gasteiger partial charge in [-0.3, -0.25) is 9.59 Å². The molecule has 6 nitrogen and oxygen atoms in total. The van der Waals surface area contributed by atoms with Crippen LogP contribution < -0.4 is 9.47 Å². The summed E-state index contributed by atoms with van der Waals surface area (Å²) in [4.78, 5) is 25.5. The fourth-order valence-corrected chi connectivity index (χ4v) is 8.84. The number of fused-ring (bicyclic) bond motifs is 2. The monoisotopic (exact) mass is 699 g/mol. The van der Waals surface area contributed by atoms with E-state index in [-0.39, 0.29) is 12.8 Å². The topological polar surface area (TPSA) is 81.7 Å². The van der Waals surface area contributed by atoms with Gasteiger partial charge in [-0.2, -0.15) is 4.57 Å². The van der Waals surface area contributed by atoms with E-state index in [1.807, 2.05) is 24.3 Å². The number of halogens is 2. The van der Waals surface area contributed by atoms with Crippen LogP contribution in [0.2, 0.25) is 10.0 Å². The third kappa shape index (κ3) is 8.77. The number of unbranched alkanes of at least 4 members (excludes halogenated alkanes) is 4. The van der Waals surface area contributed by atoms with Crippen molar-refractivity contribution < 1.29 is 24.4 Å². The fraction of sp³-hybridized carbons (Fsp3) is 0.417. The molecule has 2 heterocycles. The molecule has 0 saturated carbocycles. The fourth-order valence-electron chi connectivity index (χ4n) is 6.24. The Balaban J connectivity index is 1.44. The molecular formula is C36H41Cl2N2O4S2+. The van der Waals surface area contributed by atoms with Gasteiger partial charge < -0.3 is 15.1 Å². The SMILES string of the molecule is CC1=C(C=C2Sc3ccc(Cl)cc3N2CCCCCC(=O)O)CC(C)CC1=Cc1sc2ccc(Cl)cc2[n+]1CCCCCC(=O)O. The number of thiazole rings is 1. The number of aromatic nitrogens is 1. The average molecular weight is 701 g/mol. The van der Waals surface area contributed by atoms with Crippen molar-refractivity contribution in [2.45, 2.75) is 89.5 Å². The van der Waals surface area contributed by atoms with E-state index < -0.39 is 11.9 Å². The Morgan fingerprint density at radius 3 is 2.37 bits per heavy atom. The Bertz CT molecular complexity index is 1710. The first kappa shape index (κ1) is 34.6. The Hall–Kier alpha value is -2.78. The van der Waals surface area contributed by atoms with E-state index in [2.05, 4.69) is 47.6 Å². The Morgan fingerprint density at radius 1 is 0.935 bits per heavy atom. The highest BCUT2D eigenvalue weighted by Gasteiger charge is 2.28. The van der Waals surface area contributed by atoms with Crippen LogP contribution in [0.1, 0.15) is 83.1 Å². The van der Waals surface area contributed by atoms with Crippen LogP contribution in [-0.2, 0) is 16.1 Å². The number of carboxylic acids is 2. The predicted octanol–water partition coefficient (Wildman–Crippen LogP) is 10.4. The van der Waals surface area contributed by atoms with Crippen molar-refractivity contribution in [3.63, 3.8) is 0 Å². The van der Waals surface area contributed by atoms with Crippen LogP contribution >= 0.6 is 46.3 Å². The molecule has 2 aromatic carbocycles. The predicted molar refractivity (Wildman–Crippen MR) is 191 cm³/mol. The summed E-state index contributed by atoms with van der Waals surface area (Å²) in [6.45, 7) is 6.18. The summed E-state index contributed by atoms with van der Waals surface area (Å²) in [6, 6.07) is 12.1. The average Bonchev–Trinajstić information content (AvgIpc) is 3.50. The first-order valence-electron chi connectivity index (χ1n) is 16.0. The number of anilines is 1. The van der Waals surface area contributed by atoms with E-state index in [1.165, 1.54) is 36.4 Å². The standard InChI is InChI=1S/C36H40Cl2N2O4S2/c1-23-17-25(19-33-39(15-7-3-5-9-35(41)42)29-21-27(37)11-13-31(29)45-33)24(2)26(18-23)20-34-40(16-8-4-6-10-36(43)44)30-22-28(38)12-14-32(30)46-34/h11-14,19-23H,3-10,15-18H2,1-2H3,(H-,41,42,43,44)/p+1. The highest BCUT2D eigenvalue weighted by atomic mass is 35.5. The molecule has 0 bridgehead atoms. The van der Waals surface area contributed by atoms with E-state index in [1.54, 1.807) is 23.1 Å². The normalized spacial score (nSPS) is 18.3. The van der Waals surface area contributed by atoms with E-state index in [0.717, 1.165) is 62.8 Å². The van der Waals surface area contributed by atoms with Crippen LogP contribution in [0.25, 0.3) is 16.3 Å². The second-order valence-corrected chi connectivity index (χ2v) is 15.3. The summed E-state index contributed by atoms with van der Waals surface area (Å²) < 4.78 is 3.54. The quantitative estimate of drug-likeness (QED) is 0.129. The van der Waals surface area contributed by atoms with Crippen molar-refractivity contribution in [2.75, 3.05) is 11.4 Å². The Kier molecular flexibility index (Phi) is 11.9. The van der Waals surface area contributed by atoms with Crippen LogP contribution in [0.3, 0.4) is 0 Å². The largest absolute Gasteiger partial charge is 0.481 e. The highest BCUT2D eigenvalue weighted by molar-refractivity contribution is 8.03. The number of carboxylic acid groups (broad SMARTS) is 2. The van der Waals surface area contributed by atoms with Crippen LogP contribution in [0.4, 0.5) is 5.69 Å². The minimum atomic E-state index is -0.743. The van der Waals surface area contributed by atoms with E-state index in [0.29, 0.717) is 28.8 Å². The molecule has 2 N–H and O–H groups in total. The van der Waals surface area contributed by atoms with E-state index >= 15 is 0 Å². The van der Waals surface area contributed by atoms with Gasteiger partial charge in [0.2, 0.25) is 5.52 Å². The molecule has 0 saturated heterocycles. The second kappa shape index (κ2) is 15.9. The number of hydrogen-bond acceptors (Lipinski definition) is 5. The number of nitrogens with zero attached hydrogens (tertiary/aromatic N) is 2. The lowest BCUT2D eigenvalue weighted by Gasteiger charge is -2.26. The summed E-state index contributed by atoms with van der Waals surface area (Å²) in [5, 5.41) is 21.9. The molecule has 0 amide bonds. The molecule has 10 heteroatoms. The highest BCUT2D eigenvalue weighted by Crippen LogP contribution is 2.48. The number of rotatable bonds is 14. The molecule has 1 aromatic heterocycles. The van der Waals surface area contributed by atoms with Crippen molar-refractivity contribution in [3.8, 4) is 0 Å². The molecule has 0 fully saturated rings. The maximum Gasteiger partial charge on any atom is 0.303 e. The Labute approximate surface area is 289 Å². The lowest BCUT2D eigenvalue weighted by atomic mass is 9.81. The first-order valence-corrected chi connectivity index (χ1v) is 18.4. The number of carbonyl (C=O) groups is 2. The summed E-state index contributed by atoms with van der Waals surface area (Å²) >= 11 is 16.4. The minimum Gasteiger partial charge on any atom is -0.481 e. The summed E-state index contributed by atoms with van der Waals surface area (Å²) in [6.07, 6.45) is 12.0. The minimum absolute atomic E-state index is 0.205. The number of aryl methyl sites for hydroxylation is 1. The molecule has 3 aromatic rings. The lowest BCUT2D eigenvalue weighted by molar-refractivity contribution is -0.669. The van der Waals surface area contributed by atoms with Crippen LogP contribution in [-0.4, -0.2) is 28.7 Å². The van der Waals surface area contributed by atoms with Gasteiger partial charge in [-0.05, 0) is 104 Å². The summed E-state index contributed by atoms with van der Waals surface area (Å²) in [7, 11) is 0. The molecule has 244 valence electrons. The van der Waals surface area contributed by atoms with Gasteiger partial charge in [-0.25, -0.2) is 0 Å². The van der Waals surface area contributed by atoms with Gasteiger partial charge in [0.25, 0.3) is 5.01 Å². The van der Waals surface area contributed by atoms with Gasteiger partial charge >= 0.3 is 11.9 Å². The zero-order valence-electron chi connectivity index (χ0n) is 26.4. The van der Waals surface area contributed by atoms with Crippen molar-refractivity contribution in [1.82, 2.24) is 0 Å². The number of hydrogen-bond donors (Lipinski definition) is 2. The molecule has 5 rings (SSSR count). The van der Waals surface area contributed by atoms with Crippen LogP contribution in [0.15, 0.2) is 69.1 Å². The van der Waals surface area contributed by atoms with Gasteiger partial charge in [-0.15, -0.1) is 0 Å². The van der Waals surface area contributed by atoms with Crippen molar-refractivity contribution in [2.24, 2.45) is 5.92 Å². The molecule has 46 heavy (non-hydrogen) atoms. The van der Waals surface area contributed by atoms with Crippen molar-refractivity contribution in [3.05, 3.63) is 79.3 Å². The number of aliphatic carboxylic acids is 2. The molecule has 1 unspecified atom stereocenters. The summed E-state index contributed by atoms with van der Waals surface area (Å²) in [5.41, 5.74) is 6.23. The van der Waals surface area contributed by atoms with Gasteiger partial charge in [0, 0.05) is 52.9 Å². The second-order valence-electron chi connectivity index (χ2n) is 12.3. The molecule has 1 aliphatic carbocycles. The van der Waals surface area contributed by atoms with Crippen LogP contribution in [0, 0.1) is 5.92 Å². The maximum absolute atomic E-state index is 11.0. The van der Waals surface area contributed by atoms with Gasteiger partial charge in [-0.1, -0.05) is 59.6 Å². The molecule has 1 atom stereocenters. The van der Waals surface area contributed by atoms with Gasteiger partial charge in [0.1, 0.15) is 4.70 Å². The van der Waals surface area contributed by atoms with Gasteiger partial charge in [0.15, 0.2) is 6.54 Å². The number of thioether (sulfide) groups is 1. The number of allylic oxidation sites excluding steroid dienone is 4. The molecule has 0 spiro atoms. The third-order valence-corrected chi connectivity index (χ3v) is 11.3. The molecule has 2 aliphatic rings. The van der Waals surface area contributed by atoms with Crippen LogP contribution in [0.5, 0.6) is 0 Å². The smallest absolute Gasteiger partial charge is 0.303 e. The molecule has 0 radical (unpaired) electrons. The number of benzene rings is 2. The van der Waals surface area contributed by atoms with Crippen molar-refractivity contribution >= 4 is 80.2 Å². The zero-order chi connectivity index (χ0) is 32.8. The first-order chi connectivity index (χ1) is 22.1. The molecular weight excluding hydrogens is 659 g/mol. The zero-order valence-corrected chi connectivity index (χ0v) is 29.5. The molecule has 1 aliphatic heterocycles. The lowest BCUT2D eigenvalue weighted by Crippen LogP contribution is -2.35. The van der Waals surface area contributed by atoms with E-state index in [9.17, 15) is 9.59 Å². The van der Waals surface area contributed by atoms with E-state index in [4.69, 9.17) is 33.4 Å². The van der Waals surface area contributed by atoms with Gasteiger partial charge in [0.05, 0.1) is 10.7 Å². The van der Waals surface area contributed by atoms with Crippen molar-refractivity contribution in [1.29, 1.82) is 0 Å². The third-order valence-electron chi connectivity index (χ3n) is 8.62. The maximum atomic E-state index is 11.0. The Morgan fingerprint density at radius 2 is 1.63 bits per heavy atom.